The van der Waals surface area contributed by atoms with E-state index in [1.807, 2.05) is 4.90 Å². The van der Waals surface area contributed by atoms with Crippen LogP contribution in [0.5, 0.6) is 0 Å². The summed E-state index contributed by atoms with van der Waals surface area (Å²) < 4.78 is 5.20. The summed E-state index contributed by atoms with van der Waals surface area (Å²) in [6.07, 6.45) is 3.16. The van der Waals surface area contributed by atoms with E-state index in [1.54, 1.807) is 0 Å². The summed E-state index contributed by atoms with van der Waals surface area (Å²) in [5, 5.41) is 12.1. The van der Waals surface area contributed by atoms with E-state index in [0.29, 0.717) is 45.7 Å². The lowest BCUT2D eigenvalue weighted by atomic mass is 10.1. The number of aliphatic carboxylic acids is 1. The zero-order valence-electron chi connectivity index (χ0n) is 11.1. The number of hydrogen-bond donors (Lipinski definition) is 2. The Morgan fingerprint density at radius 3 is 2.58 bits per heavy atom. The van der Waals surface area contributed by atoms with Crippen LogP contribution >= 0.6 is 0 Å². The second kappa shape index (κ2) is 6.86. The summed E-state index contributed by atoms with van der Waals surface area (Å²) >= 11 is 0. The van der Waals surface area contributed by atoms with Crippen LogP contribution in [0, 0.1) is 5.92 Å². The highest BCUT2D eigenvalue weighted by atomic mass is 16.5. The van der Waals surface area contributed by atoms with Crippen LogP contribution in [0.2, 0.25) is 0 Å². The van der Waals surface area contributed by atoms with Gasteiger partial charge in [-0.25, -0.2) is 0 Å². The van der Waals surface area contributed by atoms with E-state index >= 15 is 0 Å². The van der Waals surface area contributed by atoms with Crippen LogP contribution in [0.3, 0.4) is 0 Å². The highest BCUT2D eigenvalue weighted by molar-refractivity contribution is 5.76. The molecule has 19 heavy (non-hydrogen) atoms. The number of amides is 1. The Labute approximate surface area is 113 Å². The molecule has 0 radical (unpaired) electrons. The van der Waals surface area contributed by atoms with E-state index in [2.05, 4.69) is 5.32 Å². The smallest absolute Gasteiger partial charge is 0.320 e. The van der Waals surface area contributed by atoms with Crippen molar-refractivity contribution in [3.05, 3.63) is 0 Å². The third-order valence-corrected chi connectivity index (χ3v) is 3.65. The van der Waals surface area contributed by atoms with Crippen molar-refractivity contribution in [3.8, 4) is 0 Å². The van der Waals surface area contributed by atoms with Gasteiger partial charge >= 0.3 is 5.97 Å². The molecule has 6 heteroatoms. The second-order valence-electron chi connectivity index (χ2n) is 5.20. The lowest BCUT2D eigenvalue weighted by molar-refractivity contribution is -0.140. The van der Waals surface area contributed by atoms with Crippen molar-refractivity contribution in [1.29, 1.82) is 0 Å². The van der Waals surface area contributed by atoms with Crippen molar-refractivity contribution in [1.82, 2.24) is 10.2 Å². The first-order valence-corrected chi connectivity index (χ1v) is 7.00. The first-order chi connectivity index (χ1) is 9.18. The van der Waals surface area contributed by atoms with Gasteiger partial charge < -0.3 is 20.1 Å². The SMILES string of the molecule is O=C(O)C(NCCCC(=O)N1CCOCC1)C1CC1. The number of ether oxygens (including phenoxy) is 1. The predicted octanol–water partition coefficient (Wildman–Crippen LogP) is 0.0782. The number of carboxylic acid groups (broad SMARTS) is 1. The Bertz CT molecular complexity index is 325. The van der Waals surface area contributed by atoms with E-state index in [1.165, 1.54) is 0 Å². The lowest BCUT2D eigenvalue weighted by Gasteiger charge is -2.27. The molecule has 2 rings (SSSR count). The van der Waals surface area contributed by atoms with E-state index in [4.69, 9.17) is 9.84 Å². The topological polar surface area (TPSA) is 78.9 Å². The van der Waals surface area contributed by atoms with Crippen molar-refractivity contribution in [3.63, 3.8) is 0 Å². The quantitative estimate of drug-likeness (QED) is 0.640. The van der Waals surface area contributed by atoms with Crippen LogP contribution in [-0.4, -0.2) is 60.8 Å². The molecule has 1 atom stereocenters. The number of nitrogens with zero attached hydrogens (tertiary/aromatic N) is 1. The molecule has 1 saturated carbocycles. The molecule has 1 amide bonds. The molecule has 0 spiro atoms. The highest BCUT2D eigenvalue weighted by Crippen LogP contribution is 2.32. The Hall–Kier alpha value is -1.14. The molecule has 0 aromatic rings. The van der Waals surface area contributed by atoms with E-state index in [-0.39, 0.29) is 11.8 Å². The molecule has 1 aliphatic heterocycles. The Morgan fingerprint density at radius 1 is 1.32 bits per heavy atom. The molecular formula is C13H22N2O4. The molecule has 0 aromatic carbocycles. The van der Waals surface area contributed by atoms with Gasteiger partial charge in [0.25, 0.3) is 0 Å². The van der Waals surface area contributed by atoms with Crippen molar-refractivity contribution in [2.24, 2.45) is 5.92 Å². The highest BCUT2D eigenvalue weighted by Gasteiger charge is 2.35. The van der Waals surface area contributed by atoms with Gasteiger partial charge in [0.1, 0.15) is 6.04 Å². The van der Waals surface area contributed by atoms with Gasteiger partial charge in [0.2, 0.25) is 5.91 Å². The van der Waals surface area contributed by atoms with E-state index in [9.17, 15) is 9.59 Å². The molecule has 0 bridgehead atoms. The minimum Gasteiger partial charge on any atom is -0.480 e. The number of rotatable bonds is 7. The number of nitrogens with one attached hydrogen (secondary N) is 1. The van der Waals surface area contributed by atoms with Crippen LogP contribution in [0.25, 0.3) is 0 Å². The minimum atomic E-state index is -0.776. The number of carbonyl (C=O) groups is 2. The number of morpholine rings is 1. The van der Waals surface area contributed by atoms with Gasteiger partial charge in [-0.15, -0.1) is 0 Å². The maximum absolute atomic E-state index is 11.8. The minimum absolute atomic E-state index is 0.142. The average molecular weight is 270 g/mol. The van der Waals surface area contributed by atoms with Gasteiger partial charge in [0.05, 0.1) is 13.2 Å². The fourth-order valence-electron chi connectivity index (χ4n) is 2.35. The standard InChI is InChI=1S/C13H22N2O4/c16-11(15-6-8-19-9-7-15)2-1-5-14-12(13(17)18)10-3-4-10/h10,12,14H,1-9H2,(H,17,18). The maximum Gasteiger partial charge on any atom is 0.320 e. The van der Waals surface area contributed by atoms with Gasteiger partial charge in [-0.1, -0.05) is 0 Å². The second-order valence-corrected chi connectivity index (χ2v) is 5.20. The summed E-state index contributed by atoms with van der Waals surface area (Å²) in [5.74, 6) is -0.349. The summed E-state index contributed by atoms with van der Waals surface area (Å²) in [4.78, 5) is 24.7. The van der Waals surface area contributed by atoms with Gasteiger partial charge in [0.15, 0.2) is 0 Å². The van der Waals surface area contributed by atoms with Gasteiger partial charge in [-0.2, -0.15) is 0 Å². The molecule has 2 N–H and O–H groups in total. The van der Waals surface area contributed by atoms with Crippen molar-refractivity contribution in [2.45, 2.75) is 31.7 Å². The molecule has 1 aliphatic carbocycles. The van der Waals surface area contributed by atoms with Gasteiger partial charge in [0, 0.05) is 19.5 Å². The molecule has 6 nitrogen and oxygen atoms in total. The molecular weight excluding hydrogens is 248 g/mol. The summed E-state index contributed by atoms with van der Waals surface area (Å²) in [5.41, 5.74) is 0. The van der Waals surface area contributed by atoms with Crippen molar-refractivity contribution >= 4 is 11.9 Å². The van der Waals surface area contributed by atoms with Crippen molar-refractivity contribution in [2.75, 3.05) is 32.8 Å². The average Bonchev–Trinajstić information content (AvgIpc) is 3.23. The van der Waals surface area contributed by atoms with Crippen LogP contribution in [0.1, 0.15) is 25.7 Å². The molecule has 1 unspecified atom stereocenters. The molecule has 1 heterocycles. The zero-order valence-corrected chi connectivity index (χ0v) is 11.1. The van der Waals surface area contributed by atoms with E-state index in [0.717, 1.165) is 12.8 Å². The monoisotopic (exact) mass is 270 g/mol. The first-order valence-electron chi connectivity index (χ1n) is 7.00. The number of hydrogen-bond acceptors (Lipinski definition) is 4. The van der Waals surface area contributed by atoms with Crippen LogP contribution in [0.15, 0.2) is 0 Å². The fraction of sp³-hybridized carbons (Fsp3) is 0.846. The Balaban J connectivity index is 1.60. The molecule has 0 aromatic heterocycles. The number of carbonyl (C=O) groups excluding carboxylic acids is 1. The third-order valence-electron chi connectivity index (χ3n) is 3.65. The summed E-state index contributed by atoms with van der Waals surface area (Å²) in [7, 11) is 0. The van der Waals surface area contributed by atoms with Crippen LogP contribution in [0.4, 0.5) is 0 Å². The first kappa shape index (κ1) is 14.3. The fourth-order valence-corrected chi connectivity index (χ4v) is 2.35. The van der Waals surface area contributed by atoms with Crippen molar-refractivity contribution < 1.29 is 19.4 Å². The van der Waals surface area contributed by atoms with E-state index < -0.39 is 12.0 Å². The van der Waals surface area contributed by atoms with Crippen LogP contribution < -0.4 is 5.32 Å². The Morgan fingerprint density at radius 2 is 2.00 bits per heavy atom. The molecule has 108 valence electrons. The number of carboxylic acids is 1. The zero-order chi connectivity index (χ0) is 13.7. The summed E-state index contributed by atoms with van der Waals surface area (Å²) in [6.45, 7) is 3.17. The summed E-state index contributed by atoms with van der Waals surface area (Å²) in [6, 6.07) is -0.432. The third kappa shape index (κ3) is 4.47. The largest absolute Gasteiger partial charge is 0.480 e. The lowest BCUT2D eigenvalue weighted by Crippen LogP contribution is -2.41. The van der Waals surface area contributed by atoms with Gasteiger partial charge in [-0.3, -0.25) is 9.59 Å². The molecule has 2 aliphatic rings. The molecule has 1 saturated heterocycles. The molecule has 2 fully saturated rings. The maximum atomic E-state index is 11.8. The normalized spacial score (nSPS) is 21.2. The Kier molecular flexibility index (Phi) is 5.15. The predicted molar refractivity (Wildman–Crippen MR) is 68.8 cm³/mol. The van der Waals surface area contributed by atoms with Gasteiger partial charge in [-0.05, 0) is 31.7 Å². The van der Waals surface area contributed by atoms with Crippen LogP contribution in [-0.2, 0) is 14.3 Å².